The van der Waals surface area contributed by atoms with E-state index in [1.54, 1.807) is 12.1 Å². The van der Waals surface area contributed by atoms with Gasteiger partial charge < -0.3 is 15.3 Å². The van der Waals surface area contributed by atoms with Crippen molar-refractivity contribution in [1.82, 2.24) is 10.2 Å². The number of nitrogens with zero attached hydrogens (tertiary/aromatic N) is 2. The Balaban J connectivity index is 2.01. The predicted octanol–water partition coefficient (Wildman–Crippen LogP) is 1.16. The number of aromatic carboxylic acids is 1. The number of aromatic nitrogens is 2. The molecule has 3 N–H and O–H groups in total. The zero-order valence-corrected chi connectivity index (χ0v) is 10.7. The molecule has 1 aromatic heterocycles. The Morgan fingerprint density at radius 1 is 1.40 bits per heavy atom. The number of rotatable bonds is 2. The molecule has 0 unspecified atom stereocenters. The second-order valence-corrected chi connectivity index (χ2v) is 4.61. The van der Waals surface area contributed by atoms with Gasteiger partial charge in [-0.1, -0.05) is 6.07 Å². The third kappa shape index (κ3) is 1.99. The minimum Gasteiger partial charge on any atom is -0.477 e. The fourth-order valence-corrected chi connectivity index (χ4v) is 2.18. The predicted molar refractivity (Wildman–Crippen MR) is 72.9 cm³/mol. The molecule has 2 aromatic rings. The van der Waals surface area contributed by atoms with E-state index < -0.39 is 5.97 Å². The Morgan fingerprint density at radius 2 is 2.20 bits per heavy atom. The van der Waals surface area contributed by atoms with Gasteiger partial charge in [0.2, 0.25) is 5.91 Å². The van der Waals surface area contributed by atoms with Crippen LogP contribution >= 0.6 is 0 Å². The molecular formula is C13H12N4O3. The summed E-state index contributed by atoms with van der Waals surface area (Å²) in [5.74, 6) is -1.10. The molecule has 0 saturated carbocycles. The summed E-state index contributed by atoms with van der Waals surface area (Å²) in [6, 6.07) is 6.93. The van der Waals surface area contributed by atoms with Gasteiger partial charge in [-0.05, 0) is 18.2 Å². The number of hydrogen-bond acceptors (Lipinski definition) is 4. The zero-order chi connectivity index (χ0) is 14.3. The van der Waals surface area contributed by atoms with E-state index in [1.165, 1.54) is 6.07 Å². The topological polar surface area (TPSA) is 98.3 Å². The van der Waals surface area contributed by atoms with Gasteiger partial charge >= 0.3 is 5.97 Å². The highest BCUT2D eigenvalue weighted by atomic mass is 16.4. The molecule has 7 heteroatoms. The van der Waals surface area contributed by atoms with Gasteiger partial charge in [0.15, 0.2) is 0 Å². The maximum absolute atomic E-state index is 11.4. The van der Waals surface area contributed by atoms with Crippen LogP contribution in [0.3, 0.4) is 0 Å². The first kappa shape index (κ1) is 12.2. The summed E-state index contributed by atoms with van der Waals surface area (Å²) in [6.07, 6.45) is 0. The van der Waals surface area contributed by atoms with Crippen molar-refractivity contribution in [3.63, 3.8) is 0 Å². The Labute approximate surface area is 114 Å². The zero-order valence-electron chi connectivity index (χ0n) is 10.7. The summed E-state index contributed by atoms with van der Waals surface area (Å²) < 4.78 is 0. The number of hydrogen-bond donors (Lipinski definition) is 3. The van der Waals surface area contributed by atoms with Crippen molar-refractivity contribution in [1.29, 1.82) is 0 Å². The molecule has 1 aromatic carbocycles. The first-order valence-electron chi connectivity index (χ1n) is 5.99. The SMILES string of the molecule is CN1CC(=O)Nc2ccc(-c3cc(C(=O)O)[nH]n3)cc21. The summed E-state index contributed by atoms with van der Waals surface area (Å²) in [6.45, 7) is 0.289. The lowest BCUT2D eigenvalue weighted by atomic mass is 10.1. The van der Waals surface area contributed by atoms with Gasteiger partial charge in [-0.15, -0.1) is 0 Å². The van der Waals surface area contributed by atoms with Crippen molar-refractivity contribution in [2.24, 2.45) is 0 Å². The minimum absolute atomic E-state index is 0.0411. The maximum atomic E-state index is 11.4. The van der Waals surface area contributed by atoms with Gasteiger partial charge in [0, 0.05) is 12.6 Å². The Kier molecular flexibility index (Phi) is 2.67. The van der Waals surface area contributed by atoms with Crippen molar-refractivity contribution >= 4 is 23.3 Å². The second kappa shape index (κ2) is 4.37. The van der Waals surface area contributed by atoms with E-state index in [0.717, 1.165) is 16.9 Å². The number of aromatic amines is 1. The molecule has 0 aliphatic carbocycles. The molecule has 3 rings (SSSR count). The first-order chi connectivity index (χ1) is 9.54. The van der Waals surface area contributed by atoms with Crippen LogP contribution in [0.1, 0.15) is 10.5 Å². The van der Waals surface area contributed by atoms with E-state index in [1.807, 2.05) is 18.0 Å². The monoisotopic (exact) mass is 272 g/mol. The number of likely N-dealkylation sites (N-methyl/N-ethyl adjacent to an activating group) is 1. The summed E-state index contributed by atoms with van der Waals surface area (Å²) in [4.78, 5) is 24.1. The molecule has 1 amide bonds. The van der Waals surface area contributed by atoms with Crippen LogP contribution in [0.2, 0.25) is 0 Å². The number of carboxylic acids is 1. The molecule has 0 saturated heterocycles. The summed E-state index contributed by atoms with van der Waals surface area (Å²) in [7, 11) is 1.83. The van der Waals surface area contributed by atoms with E-state index in [2.05, 4.69) is 15.5 Å². The van der Waals surface area contributed by atoms with Gasteiger partial charge in [-0.3, -0.25) is 9.89 Å². The molecule has 20 heavy (non-hydrogen) atoms. The van der Waals surface area contributed by atoms with Crippen LogP contribution < -0.4 is 10.2 Å². The van der Waals surface area contributed by atoms with Gasteiger partial charge in [0.1, 0.15) is 5.69 Å². The lowest BCUT2D eigenvalue weighted by molar-refractivity contribution is -0.115. The Morgan fingerprint density at radius 3 is 2.90 bits per heavy atom. The van der Waals surface area contributed by atoms with Gasteiger partial charge in [-0.25, -0.2) is 4.79 Å². The molecule has 0 fully saturated rings. The number of carboxylic acid groups (broad SMARTS) is 1. The molecule has 0 atom stereocenters. The maximum Gasteiger partial charge on any atom is 0.353 e. The van der Waals surface area contributed by atoms with Crippen molar-refractivity contribution in [2.45, 2.75) is 0 Å². The minimum atomic E-state index is -1.05. The molecule has 2 heterocycles. The number of nitrogens with one attached hydrogen (secondary N) is 2. The number of carbonyl (C=O) groups is 2. The second-order valence-electron chi connectivity index (χ2n) is 4.61. The summed E-state index contributed by atoms with van der Waals surface area (Å²) >= 11 is 0. The van der Waals surface area contributed by atoms with Crippen molar-refractivity contribution in [3.8, 4) is 11.3 Å². The lowest BCUT2D eigenvalue weighted by Crippen LogP contribution is -2.35. The van der Waals surface area contributed by atoms with Crippen LogP contribution in [-0.4, -0.2) is 40.8 Å². The standard InChI is InChI=1S/C13H12N4O3/c1-17-6-12(18)14-8-3-2-7(4-11(8)17)9-5-10(13(19)20)16-15-9/h2-5H,6H2,1H3,(H,14,18)(H,15,16)(H,19,20). The smallest absolute Gasteiger partial charge is 0.353 e. The van der Waals surface area contributed by atoms with Gasteiger partial charge in [0.05, 0.1) is 23.6 Å². The summed E-state index contributed by atoms with van der Waals surface area (Å²) in [5.41, 5.74) is 2.99. The fourth-order valence-electron chi connectivity index (χ4n) is 2.18. The van der Waals surface area contributed by atoms with Crippen LogP contribution in [0.25, 0.3) is 11.3 Å². The van der Waals surface area contributed by atoms with Crippen LogP contribution in [-0.2, 0) is 4.79 Å². The average Bonchev–Trinajstić information content (AvgIpc) is 2.88. The highest BCUT2D eigenvalue weighted by Gasteiger charge is 2.20. The van der Waals surface area contributed by atoms with Crippen molar-refractivity contribution < 1.29 is 14.7 Å². The first-order valence-corrected chi connectivity index (χ1v) is 5.99. The third-order valence-corrected chi connectivity index (χ3v) is 3.17. The average molecular weight is 272 g/mol. The number of carbonyl (C=O) groups excluding carboxylic acids is 1. The fraction of sp³-hybridized carbons (Fsp3) is 0.154. The molecule has 1 aliphatic heterocycles. The highest BCUT2D eigenvalue weighted by Crippen LogP contribution is 2.32. The Hall–Kier alpha value is -2.83. The summed E-state index contributed by atoms with van der Waals surface area (Å²) in [5, 5.41) is 18.1. The molecule has 0 spiro atoms. The van der Waals surface area contributed by atoms with Gasteiger partial charge in [-0.2, -0.15) is 5.10 Å². The third-order valence-electron chi connectivity index (χ3n) is 3.17. The van der Waals surface area contributed by atoms with E-state index in [-0.39, 0.29) is 18.1 Å². The van der Waals surface area contributed by atoms with E-state index >= 15 is 0 Å². The molecule has 1 aliphatic rings. The van der Waals surface area contributed by atoms with E-state index in [0.29, 0.717) is 5.69 Å². The number of fused-ring (bicyclic) bond motifs is 1. The van der Waals surface area contributed by atoms with Crippen molar-refractivity contribution in [3.05, 3.63) is 30.0 Å². The van der Waals surface area contributed by atoms with Crippen LogP contribution in [0.5, 0.6) is 0 Å². The largest absolute Gasteiger partial charge is 0.477 e. The molecule has 0 radical (unpaired) electrons. The number of benzene rings is 1. The molecule has 102 valence electrons. The van der Waals surface area contributed by atoms with E-state index in [9.17, 15) is 9.59 Å². The van der Waals surface area contributed by atoms with E-state index in [4.69, 9.17) is 5.11 Å². The molecule has 7 nitrogen and oxygen atoms in total. The van der Waals surface area contributed by atoms with Crippen LogP contribution in [0.4, 0.5) is 11.4 Å². The molecule has 0 bridgehead atoms. The highest BCUT2D eigenvalue weighted by molar-refractivity contribution is 6.01. The van der Waals surface area contributed by atoms with Gasteiger partial charge in [0.25, 0.3) is 0 Å². The number of anilines is 2. The van der Waals surface area contributed by atoms with Crippen LogP contribution in [0.15, 0.2) is 24.3 Å². The number of H-pyrrole nitrogens is 1. The van der Waals surface area contributed by atoms with Crippen molar-refractivity contribution in [2.75, 3.05) is 23.8 Å². The van der Waals surface area contributed by atoms with Crippen LogP contribution in [0, 0.1) is 0 Å². The Bertz CT molecular complexity index is 707. The lowest BCUT2D eigenvalue weighted by Gasteiger charge is -2.27. The molecular weight excluding hydrogens is 260 g/mol. The quantitative estimate of drug-likeness (QED) is 0.762. The number of amides is 1. The normalized spacial score (nSPS) is 13.8.